The summed E-state index contributed by atoms with van der Waals surface area (Å²) in [6, 6.07) is 1.77. The van der Waals surface area contributed by atoms with Crippen molar-refractivity contribution < 1.29 is 9.90 Å². The average molecular weight is 237 g/mol. The Hall–Kier alpha value is -1.65. The Labute approximate surface area is 101 Å². The van der Waals surface area contributed by atoms with Crippen molar-refractivity contribution in [3.8, 4) is 0 Å². The van der Waals surface area contributed by atoms with Crippen LogP contribution >= 0.6 is 0 Å². The standard InChI is InChI=1S/C12H19N3O2/c1-12(2,5-4-10(16)17)6-9-15-11-13-7-3-8-14-11/h3,7-8H,4-6,9H2,1-2H3,(H,16,17)(H,13,14,15). The molecule has 0 aliphatic carbocycles. The van der Waals surface area contributed by atoms with Gasteiger partial charge in [0.15, 0.2) is 0 Å². The highest BCUT2D eigenvalue weighted by atomic mass is 16.4. The van der Waals surface area contributed by atoms with E-state index in [0.29, 0.717) is 12.4 Å². The van der Waals surface area contributed by atoms with Gasteiger partial charge in [0.2, 0.25) is 5.95 Å². The molecule has 17 heavy (non-hydrogen) atoms. The van der Waals surface area contributed by atoms with E-state index in [-0.39, 0.29) is 11.8 Å². The van der Waals surface area contributed by atoms with Crippen LogP contribution in [0.5, 0.6) is 0 Å². The van der Waals surface area contributed by atoms with Crippen LogP contribution in [-0.2, 0) is 4.79 Å². The van der Waals surface area contributed by atoms with E-state index in [1.54, 1.807) is 18.5 Å². The summed E-state index contributed by atoms with van der Waals surface area (Å²) in [5.74, 6) is -0.126. The highest BCUT2D eigenvalue weighted by Crippen LogP contribution is 2.26. The van der Waals surface area contributed by atoms with Crippen LogP contribution in [0.2, 0.25) is 0 Å². The van der Waals surface area contributed by atoms with Crippen molar-refractivity contribution in [3.63, 3.8) is 0 Å². The second-order valence-corrected chi connectivity index (χ2v) is 4.81. The number of nitrogens with one attached hydrogen (secondary N) is 1. The minimum atomic E-state index is -0.738. The van der Waals surface area contributed by atoms with Gasteiger partial charge in [-0.1, -0.05) is 13.8 Å². The van der Waals surface area contributed by atoms with Crippen LogP contribution in [0.4, 0.5) is 5.95 Å². The summed E-state index contributed by atoms with van der Waals surface area (Å²) in [7, 11) is 0. The zero-order valence-electron chi connectivity index (χ0n) is 10.3. The van der Waals surface area contributed by atoms with Crippen molar-refractivity contribution in [1.29, 1.82) is 0 Å². The summed E-state index contributed by atoms with van der Waals surface area (Å²) in [5, 5.41) is 11.8. The van der Waals surface area contributed by atoms with Gasteiger partial charge in [-0.25, -0.2) is 9.97 Å². The molecule has 1 heterocycles. The lowest BCUT2D eigenvalue weighted by Gasteiger charge is -2.23. The molecule has 0 radical (unpaired) electrons. The monoisotopic (exact) mass is 237 g/mol. The van der Waals surface area contributed by atoms with Gasteiger partial charge in [-0.15, -0.1) is 0 Å². The first kappa shape index (κ1) is 13.4. The molecule has 5 heteroatoms. The Morgan fingerprint density at radius 1 is 1.35 bits per heavy atom. The maximum atomic E-state index is 10.5. The number of hydrogen-bond acceptors (Lipinski definition) is 4. The molecular formula is C12H19N3O2. The van der Waals surface area contributed by atoms with Crippen LogP contribution in [0, 0.1) is 5.41 Å². The minimum absolute atomic E-state index is 0.0141. The van der Waals surface area contributed by atoms with Gasteiger partial charge in [0.25, 0.3) is 0 Å². The topological polar surface area (TPSA) is 75.1 Å². The summed E-state index contributed by atoms with van der Waals surface area (Å²) < 4.78 is 0. The van der Waals surface area contributed by atoms with Gasteiger partial charge in [0.1, 0.15) is 0 Å². The predicted molar refractivity (Wildman–Crippen MR) is 65.8 cm³/mol. The predicted octanol–water partition coefficient (Wildman–Crippen LogP) is 2.17. The van der Waals surface area contributed by atoms with Crippen molar-refractivity contribution in [2.45, 2.75) is 33.1 Å². The molecular weight excluding hydrogens is 218 g/mol. The first-order valence-electron chi connectivity index (χ1n) is 5.72. The number of hydrogen-bond donors (Lipinski definition) is 2. The normalized spacial score (nSPS) is 11.2. The van der Waals surface area contributed by atoms with Gasteiger partial charge in [-0.05, 0) is 24.3 Å². The van der Waals surface area contributed by atoms with Crippen molar-refractivity contribution in [2.24, 2.45) is 5.41 Å². The van der Waals surface area contributed by atoms with Gasteiger partial charge < -0.3 is 10.4 Å². The van der Waals surface area contributed by atoms with Crippen molar-refractivity contribution in [2.75, 3.05) is 11.9 Å². The van der Waals surface area contributed by atoms with Crippen LogP contribution < -0.4 is 5.32 Å². The number of anilines is 1. The minimum Gasteiger partial charge on any atom is -0.481 e. The lowest BCUT2D eigenvalue weighted by atomic mass is 9.84. The van der Waals surface area contributed by atoms with Crippen molar-refractivity contribution >= 4 is 11.9 Å². The Balaban J connectivity index is 2.27. The molecule has 5 nitrogen and oxygen atoms in total. The highest BCUT2D eigenvalue weighted by Gasteiger charge is 2.18. The third-order valence-electron chi connectivity index (χ3n) is 2.67. The Morgan fingerprint density at radius 3 is 2.59 bits per heavy atom. The fraction of sp³-hybridized carbons (Fsp3) is 0.583. The quantitative estimate of drug-likeness (QED) is 0.760. The number of carboxylic acids is 1. The second-order valence-electron chi connectivity index (χ2n) is 4.81. The summed E-state index contributed by atoms with van der Waals surface area (Å²) in [6.45, 7) is 4.89. The third-order valence-corrected chi connectivity index (χ3v) is 2.67. The molecule has 0 fully saturated rings. The largest absolute Gasteiger partial charge is 0.481 e. The van der Waals surface area contributed by atoms with Gasteiger partial charge in [-0.3, -0.25) is 4.79 Å². The Bertz CT molecular complexity index is 352. The highest BCUT2D eigenvalue weighted by molar-refractivity contribution is 5.66. The lowest BCUT2D eigenvalue weighted by molar-refractivity contribution is -0.137. The zero-order chi connectivity index (χ0) is 12.7. The van der Waals surface area contributed by atoms with E-state index in [1.807, 2.05) is 0 Å². The number of carboxylic acid groups (broad SMARTS) is 1. The molecule has 0 aliphatic heterocycles. The Morgan fingerprint density at radius 2 is 2.00 bits per heavy atom. The van der Waals surface area contributed by atoms with Crippen LogP contribution in [0.1, 0.15) is 33.1 Å². The first-order chi connectivity index (χ1) is 7.99. The summed E-state index contributed by atoms with van der Waals surface area (Å²) in [6.07, 6.45) is 5.16. The van der Waals surface area contributed by atoms with E-state index in [9.17, 15) is 4.79 Å². The van der Waals surface area contributed by atoms with Crippen LogP contribution in [-0.4, -0.2) is 27.6 Å². The summed E-state index contributed by atoms with van der Waals surface area (Å²) in [4.78, 5) is 18.6. The molecule has 0 aliphatic rings. The van der Waals surface area contributed by atoms with E-state index < -0.39 is 5.97 Å². The molecule has 1 aromatic rings. The number of rotatable bonds is 7. The van der Waals surface area contributed by atoms with Crippen molar-refractivity contribution in [3.05, 3.63) is 18.5 Å². The molecule has 0 amide bonds. The second kappa shape index (κ2) is 6.18. The van der Waals surface area contributed by atoms with Gasteiger partial charge >= 0.3 is 5.97 Å². The molecule has 0 saturated heterocycles. The molecule has 0 unspecified atom stereocenters. The molecule has 1 aromatic heterocycles. The molecule has 0 saturated carbocycles. The molecule has 94 valence electrons. The van der Waals surface area contributed by atoms with Crippen LogP contribution in [0.15, 0.2) is 18.5 Å². The van der Waals surface area contributed by atoms with Crippen LogP contribution in [0.25, 0.3) is 0 Å². The number of aliphatic carboxylic acids is 1. The molecule has 2 N–H and O–H groups in total. The molecule has 0 spiro atoms. The van der Waals surface area contributed by atoms with Crippen molar-refractivity contribution in [1.82, 2.24) is 9.97 Å². The average Bonchev–Trinajstić information content (AvgIpc) is 2.28. The summed E-state index contributed by atoms with van der Waals surface area (Å²) in [5.41, 5.74) is 0.0141. The van der Waals surface area contributed by atoms with E-state index in [2.05, 4.69) is 29.1 Å². The number of carbonyl (C=O) groups is 1. The fourth-order valence-electron chi connectivity index (χ4n) is 1.47. The third kappa shape index (κ3) is 5.85. The van der Waals surface area contributed by atoms with Gasteiger partial charge in [0, 0.05) is 25.4 Å². The maximum absolute atomic E-state index is 10.5. The van der Waals surface area contributed by atoms with E-state index in [0.717, 1.165) is 13.0 Å². The number of nitrogens with zero attached hydrogens (tertiary/aromatic N) is 2. The van der Waals surface area contributed by atoms with E-state index >= 15 is 0 Å². The Kier molecular flexibility index (Phi) is 4.87. The SMILES string of the molecule is CC(C)(CCNc1ncccn1)CCC(=O)O. The smallest absolute Gasteiger partial charge is 0.303 e. The van der Waals surface area contributed by atoms with E-state index in [4.69, 9.17) is 5.11 Å². The van der Waals surface area contributed by atoms with E-state index in [1.165, 1.54) is 0 Å². The molecule has 1 rings (SSSR count). The molecule has 0 atom stereocenters. The zero-order valence-corrected chi connectivity index (χ0v) is 10.3. The van der Waals surface area contributed by atoms with Gasteiger partial charge in [-0.2, -0.15) is 0 Å². The fourth-order valence-corrected chi connectivity index (χ4v) is 1.47. The number of aromatic nitrogens is 2. The summed E-state index contributed by atoms with van der Waals surface area (Å²) >= 11 is 0. The lowest BCUT2D eigenvalue weighted by Crippen LogP contribution is -2.18. The van der Waals surface area contributed by atoms with Gasteiger partial charge in [0.05, 0.1) is 0 Å². The first-order valence-corrected chi connectivity index (χ1v) is 5.72. The molecule has 0 aromatic carbocycles. The molecule has 0 bridgehead atoms. The maximum Gasteiger partial charge on any atom is 0.303 e. The van der Waals surface area contributed by atoms with Crippen LogP contribution in [0.3, 0.4) is 0 Å².